The van der Waals surface area contributed by atoms with E-state index in [4.69, 9.17) is 0 Å². The molecule has 2 heterocycles. The van der Waals surface area contributed by atoms with Crippen LogP contribution in [-0.4, -0.2) is 38.9 Å². The molecule has 0 radical (unpaired) electrons. The molecule has 4 N–H and O–H groups in total. The molecule has 0 aliphatic rings. The number of urea groups is 2. The van der Waals surface area contributed by atoms with E-state index in [-0.39, 0.29) is 0 Å². The molecule has 0 bridgehead atoms. The second-order valence-electron chi connectivity index (χ2n) is 7.80. The Balaban J connectivity index is 1.73. The SMILES string of the molecule is Cc1c(C)c(NC(=O)NS(=O)(=O)/C=C/c2nccs2)c(C)c(C)c1NC(=O)NS(=O)(=O)/C=C/c1nccs1. The standard InChI is InChI=1S/C22H24N6O6S4/c1-13-14(2)20(26-22(30)28-38(33,34)12-6-18-24-8-10-36-18)16(4)15(3)19(13)25-21(29)27-37(31,32)11-5-17-23-7-9-35-17/h5-12H,1-4H3,(H2,25,27,29)(H2,26,28,30)/b11-5+,12-6+. The number of hydrogen-bond donors (Lipinski definition) is 4. The highest BCUT2D eigenvalue weighted by atomic mass is 32.2. The molecule has 0 spiro atoms. The average molecular weight is 597 g/mol. The van der Waals surface area contributed by atoms with Crippen LogP contribution in [0.2, 0.25) is 0 Å². The minimum Gasteiger partial charge on any atom is -0.307 e. The van der Waals surface area contributed by atoms with Gasteiger partial charge in [0.25, 0.3) is 20.0 Å². The molecule has 0 unspecified atom stereocenters. The van der Waals surface area contributed by atoms with Crippen molar-refractivity contribution < 1.29 is 26.4 Å². The van der Waals surface area contributed by atoms with E-state index in [1.54, 1.807) is 38.5 Å². The molecule has 202 valence electrons. The summed E-state index contributed by atoms with van der Waals surface area (Å²) in [6, 6.07) is -1.95. The van der Waals surface area contributed by atoms with E-state index in [1.165, 1.54) is 47.2 Å². The Kier molecular flexibility index (Phi) is 9.03. The fourth-order valence-electron chi connectivity index (χ4n) is 3.22. The summed E-state index contributed by atoms with van der Waals surface area (Å²) < 4.78 is 52.8. The maximum atomic E-state index is 12.5. The third-order valence-electron chi connectivity index (χ3n) is 5.25. The van der Waals surface area contributed by atoms with E-state index in [9.17, 15) is 26.4 Å². The van der Waals surface area contributed by atoms with Crippen molar-refractivity contribution >= 4 is 78.3 Å². The monoisotopic (exact) mass is 596 g/mol. The van der Waals surface area contributed by atoms with Crippen molar-refractivity contribution in [2.75, 3.05) is 10.6 Å². The highest BCUT2D eigenvalue weighted by Gasteiger charge is 2.21. The summed E-state index contributed by atoms with van der Waals surface area (Å²) in [5.74, 6) is 0. The molecule has 0 atom stereocenters. The molecule has 38 heavy (non-hydrogen) atoms. The Morgan fingerprint density at radius 2 is 1.03 bits per heavy atom. The molecule has 3 aromatic rings. The number of nitrogens with zero attached hydrogens (tertiary/aromatic N) is 2. The molecule has 16 heteroatoms. The number of anilines is 2. The van der Waals surface area contributed by atoms with Crippen LogP contribution in [0, 0.1) is 27.7 Å². The Morgan fingerprint density at radius 3 is 1.32 bits per heavy atom. The number of carbonyl (C=O) groups excluding carboxylic acids is 2. The molecule has 0 saturated heterocycles. The van der Waals surface area contributed by atoms with Gasteiger partial charge in [-0.2, -0.15) is 0 Å². The van der Waals surface area contributed by atoms with Crippen LogP contribution in [0.1, 0.15) is 32.3 Å². The van der Waals surface area contributed by atoms with Crippen molar-refractivity contribution in [1.29, 1.82) is 0 Å². The average Bonchev–Trinajstić information content (AvgIpc) is 3.55. The third-order valence-corrected chi connectivity index (χ3v) is 8.66. The molecule has 0 saturated carbocycles. The van der Waals surface area contributed by atoms with E-state index < -0.39 is 32.1 Å². The van der Waals surface area contributed by atoms with Gasteiger partial charge < -0.3 is 10.6 Å². The van der Waals surface area contributed by atoms with Crippen LogP contribution in [0.3, 0.4) is 0 Å². The van der Waals surface area contributed by atoms with Crippen molar-refractivity contribution in [3.63, 3.8) is 0 Å². The minimum absolute atomic E-state index is 0.349. The molecule has 3 rings (SSSR count). The molecular weight excluding hydrogens is 573 g/mol. The van der Waals surface area contributed by atoms with Crippen molar-refractivity contribution in [2.24, 2.45) is 0 Å². The first kappa shape index (κ1) is 29.0. The first-order chi connectivity index (χ1) is 17.8. The number of carbonyl (C=O) groups is 2. The second-order valence-corrected chi connectivity index (χ2v) is 12.8. The maximum absolute atomic E-state index is 12.5. The normalized spacial score (nSPS) is 12.1. The summed E-state index contributed by atoms with van der Waals surface area (Å²) in [6.45, 7) is 6.69. The van der Waals surface area contributed by atoms with Gasteiger partial charge in [0.15, 0.2) is 0 Å². The first-order valence-corrected chi connectivity index (χ1v) is 15.6. The molecule has 0 aliphatic heterocycles. The zero-order valence-electron chi connectivity index (χ0n) is 20.6. The molecule has 12 nitrogen and oxygen atoms in total. The summed E-state index contributed by atoms with van der Waals surface area (Å²) in [5, 5.41) is 11.1. The van der Waals surface area contributed by atoms with Crippen molar-refractivity contribution in [2.45, 2.75) is 27.7 Å². The van der Waals surface area contributed by atoms with E-state index in [0.717, 1.165) is 10.8 Å². The van der Waals surface area contributed by atoms with E-state index in [0.29, 0.717) is 43.6 Å². The Bertz CT molecular complexity index is 1460. The van der Waals surface area contributed by atoms with Crippen LogP contribution in [0.15, 0.2) is 34.0 Å². The van der Waals surface area contributed by atoms with Crippen LogP contribution < -0.4 is 20.1 Å². The predicted octanol–water partition coefficient (Wildman–Crippen LogP) is 4.08. The number of amides is 4. The number of hydrogen-bond acceptors (Lipinski definition) is 10. The summed E-state index contributed by atoms with van der Waals surface area (Å²) in [5.41, 5.74) is 2.87. The van der Waals surface area contributed by atoms with E-state index in [1.807, 2.05) is 9.44 Å². The molecule has 2 aromatic heterocycles. The molecule has 1 aromatic carbocycles. The summed E-state index contributed by atoms with van der Waals surface area (Å²) >= 11 is 2.48. The molecular formula is C22H24N6O6S4. The highest BCUT2D eigenvalue weighted by Crippen LogP contribution is 2.34. The van der Waals surface area contributed by atoms with Gasteiger partial charge in [-0.3, -0.25) is 0 Å². The van der Waals surface area contributed by atoms with Gasteiger partial charge in [-0.15, -0.1) is 22.7 Å². The summed E-state index contributed by atoms with van der Waals surface area (Å²) in [6.07, 6.45) is 5.59. The van der Waals surface area contributed by atoms with Gasteiger partial charge in [0.1, 0.15) is 10.0 Å². The first-order valence-electron chi connectivity index (χ1n) is 10.7. The highest BCUT2D eigenvalue weighted by molar-refractivity contribution is 7.93. The van der Waals surface area contributed by atoms with Crippen LogP contribution in [0.5, 0.6) is 0 Å². The van der Waals surface area contributed by atoms with Gasteiger partial charge in [0, 0.05) is 34.5 Å². The number of sulfonamides is 2. The third kappa shape index (κ3) is 7.70. The lowest BCUT2D eigenvalue weighted by Crippen LogP contribution is -2.34. The quantitative estimate of drug-likeness (QED) is 0.301. The van der Waals surface area contributed by atoms with Crippen LogP contribution in [-0.2, 0) is 20.0 Å². The summed E-state index contributed by atoms with van der Waals surface area (Å²) in [4.78, 5) is 32.8. The Hall–Kier alpha value is -3.60. The van der Waals surface area contributed by atoms with Gasteiger partial charge >= 0.3 is 12.1 Å². The van der Waals surface area contributed by atoms with E-state index >= 15 is 0 Å². The Labute approximate surface area is 228 Å². The number of thiazole rings is 2. The minimum atomic E-state index is -4.09. The van der Waals surface area contributed by atoms with Gasteiger partial charge in [-0.25, -0.2) is 45.8 Å². The fraction of sp³-hybridized carbons (Fsp3) is 0.182. The van der Waals surface area contributed by atoms with Crippen LogP contribution >= 0.6 is 22.7 Å². The van der Waals surface area contributed by atoms with Crippen LogP contribution in [0.25, 0.3) is 12.2 Å². The number of nitrogens with one attached hydrogen (secondary N) is 4. The zero-order valence-corrected chi connectivity index (χ0v) is 23.9. The van der Waals surface area contributed by atoms with Crippen molar-refractivity contribution in [3.8, 4) is 0 Å². The van der Waals surface area contributed by atoms with Crippen molar-refractivity contribution in [3.05, 3.63) is 66.2 Å². The lowest BCUT2D eigenvalue weighted by atomic mass is 9.96. The topological polar surface area (TPSA) is 176 Å². The lowest BCUT2D eigenvalue weighted by molar-refractivity contribution is 0.255. The van der Waals surface area contributed by atoms with Gasteiger partial charge in [-0.1, -0.05) is 0 Å². The van der Waals surface area contributed by atoms with Gasteiger partial charge in [-0.05, 0) is 62.1 Å². The summed E-state index contributed by atoms with van der Waals surface area (Å²) in [7, 11) is -8.18. The smallest absolute Gasteiger partial charge is 0.307 e. The zero-order chi connectivity index (χ0) is 28.1. The fourth-order valence-corrected chi connectivity index (χ4v) is 5.82. The Morgan fingerprint density at radius 1 is 0.684 bits per heavy atom. The van der Waals surface area contributed by atoms with Gasteiger partial charge in [0.2, 0.25) is 0 Å². The second kappa shape index (κ2) is 11.8. The molecule has 4 amide bonds. The molecule has 0 fully saturated rings. The largest absolute Gasteiger partial charge is 0.333 e. The van der Waals surface area contributed by atoms with Crippen LogP contribution in [0.4, 0.5) is 21.0 Å². The predicted molar refractivity (Wildman–Crippen MR) is 150 cm³/mol. The number of rotatable bonds is 8. The van der Waals surface area contributed by atoms with Gasteiger partial charge in [0.05, 0.1) is 10.8 Å². The van der Waals surface area contributed by atoms with E-state index in [2.05, 4.69) is 20.6 Å². The number of aromatic nitrogens is 2. The van der Waals surface area contributed by atoms with Crippen molar-refractivity contribution in [1.82, 2.24) is 19.4 Å². The lowest BCUT2D eigenvalue weighted by Gasteiger charge is -2.21. The molecule has 0 aliphatic carbocycles. The maximum Gasteiger partial charge on any atom is 0.333 e. The number of benzene rings is 1.